The number of hydrogen-bond acceptors (Lipinski definition) is 4. The first-order valence-corrected chi connectivity index (χ1v) is 6.04. The Bertz CT molecular complexity index is 286. The predicted octanol–water partition coefficient (Wildman–Crippen LogP) is 0.0918. The molecule has 0 fully saturated rings. The van der Waals surface area contributed by atoms with Crippen molar-refractivity contribution in [2.75, 3.05) is 6.61 Å². The van der Waals surface area contributed by atoms with Crippen molar-refractivity contribution < 1.29 is 19.8 Å². The van der Waals surface area contributed by atoms with Gasteiger partial charge in [0.1, 0.15) is 6.04 Å². The fourth-order valence-electron chi connectivity index (χ4n) is 1.74. The standard InChI is InChI=1S/C12H24N2O4/c1-12(2,3)7-8(13)6-10(16)14-9(4-5-15)11(17)18/h8-9,15H,4-7,13H2,1-3H3,(H,14,16)(H,17,18)/t8?,9-/m1/s1. The molecule has 0 heterocycles. The summed E-state index contributed by atoms with van der Waals surface area (Å²) in [5.41, 5.74) is 5.85. The third-order valence-corrected chi connectivity index (χ3v) is 2.37. The highest BCUT2D eigenvalue weighted by molar-refractivity contribution is 5.83. The Morgan fingerprint density at radius 2 is 1.89 bits per heavy atom. The Balaban J connectivity index is 4.20. The molecule has 0 radical (unpaired) electrons. The van der Waals surface area contributed by atoms with Gasteiger partial charge in [0.15, 0.2) is 0 Å². The Labute approximate surface area is 108 Å². The van der Waals surface area contributed by atoms with E-state index in [1.165, 1.54) is 0 Å². The van der Waals surface area contributed by atoms with Crippen LogP contribution in [0.2, 0.25) is 0 Å². The van der Waals surface area contributed by atoms with E-state index in [1.54, 1.807) is 0 Å². The smallest absolute Gasteiger partial charge is 0.326 e. The van der Waals surface area contributed by atoms with E-state index in [0.29, 0.717) is 6.42 Å². The largest absolute Gasteiger partial charge is 0.480 e. The molecule has 0 spiro atoms. The van der Waals surface area contributed by atoms with Crippen LogP contribution in [0.15, 0.2) is 0 Å². The van der Waals surface area contributed by atoms with Crippen molar-refractivity contribution >= 4 is 11.9 Å². The lowest BCUT2D eigenvalue weighted by atomic mass is 9.87. The molecule has 0 aliphatic carbocycles. The average Bonchev–Trinajstić information content (AvgIpc) is 2.13. The number of rotatable bonds is 7. The maximum Gasteiger partial charge on any atom is 0.326 e. The molecule has 6 heteroatoms. The SMILES string of the molecule is CC(C)(C)CC(N)CC(=O)N[C@H](CCO)C(=O)O. The van der Waals surface area contributed by atoms with Gasteiger partial charge in [-0.05, 0) is 11.8 Å². The summed E-state index contributed by atoms with van der Waals surface area (Å²) in [5, 5.41) is 19.9. The van der Waals surface area contributed by atoms with Gasteiger partial charge in [-0.1, -0.05) is 20.8 Å². The van der Waals surface area contributed by atoms with Gasteiger partial charge in [0.05, 0.1) is 0 Å². The van der Waals surface area contributed by atoms with Gasteiger partial charge in [-0.2, -0.15) is 0 Å². The monoisotopic (exact) mass is 260 g/mol. The van der Waals surface area contributed by atoms with Gasteiger partial charge in [0, 0.05) is 25.5 Å². The molecule has 0 saturated carbocycles. The lowest BCUT2D eigenvalue weighted by Gasteiger charge is -2.23. The number of carboxylic acids is 1. The summed E-state index contributed by atoms with van der Waals surface area (Å²) in [6.07, 6.45) is 0.764. The highest BCUT2D eigenvalue weighted by atomic mass is 16.4. The molecule has 0 saturated heterocycles. The van der Waals surface area contributed by atoms with Crippen LogP contribution in [0.4, 0.5) is 0 Å². The summed E-state index contributed by atoms with van der Waals surface area (Å²) < 4.78 is 0. The summed E-state index contributed by atoms with van der Waals surface area (Å²) in [4.78, 5) is 22.4. The van der Waals surface area contributed by atoms with Crippen LogP contribution in [-0.2, 0) is 9.59 Å². The van der Waals surface area contributed by atoms with Crippen LogP contribution < -0.4 is 11.1 Å². The fraction of sp³-hybridized carbons (Fsp3) is 0.833. The zero-order chi connectivity index (χ0) is 14.3. The van der Waals surface area contributed by atoms with E-state index in [0.717, 1.165) is 0 Å². The molecule has 1 amide bonds. The number of carboxylic acid groups (broad SMARTS) is 1. The number of carbonyl (C=O) groups excluding carboxylic acids is 1. The van der Waals surface area contributed by atoms with Crippen molar-refractivity contribution in [1.29, 1.82) is 0 Å². The molecular weight excluding hydrogens is 236 g/mol. The van der Waals surface area contributed by atoms with Gasteiger partial charge in [0.2, 0.25) is 5.91 Å². The molecule has 0 aromatic carbocycles. The number of aliphatic hydroxyl groups is 1. The summed E-state index contributed by atoms with van der Waals surface area (Å²) in [7, 11) is 0. The molecule has 0 rings (SSSR count). The van der Waals surface area contributed by atoms with E-state index in [9.17, 15) is 9.59 Å². The fourth-order valence-corrected chi connectivity index (χ4v) is 1.74. The van der Waals surface area contributed by atoms with Crippen LogP contribution in [0, 0.1) is 5.41 Å². The summed E-state index contributed by atoms with van der Waals surface area (Å²) in [5.74, 6) is -1.55. The van der Waals surface area contributed by atoms with Gasteiger partial charge >= 0.3 is 5.97 Å². The first kappa shape index (κ1) is 16.9. The van der Waals surface area contributed by atoms with E-state index in [2.05, 4.69) is 5.32 Å². The van der Waals surface area contributed by atoms with Crippen LogP contribution in [0.25, 0.3) is 0 Å². The molecule has 18 heavy (non-hydrogen) atoms. The van der Waals surface area contributed by atoms with Crippen LogP contribution in [0.3, 0.4) is 0 Å². The minimum Gasteiger partial charge on any atom is -0.480 e. The van der Waals surface area contributed by atoms with Gasteiger partial charge in [0.25, 0.3) is 0 Å². The highest BCUT2D eigenvalue weighted by Crippen LogP contribution is 2.20. The normalized spacial score (nSPS) is 14.9. The summed E-state index contributed by atoms with van der Waals surface area (Å²) >= 11 is 0. The zero-order valence-electron chi connectivity index (χ0n) is 11.3. The number of hydrogen-bond donors (Lipinski definition) is 4. The number of amides is 1. The van der Waals surface area contributed by atoms with Crippen molar-refractivity contribution in [2.24, 2.45) is 11.1 Å². The molecule has 0 bridgehead atoms. The van der Waals surface area contributed by atoms with Crippen LogP contribution >= 0.6 is 0 Å². The summed E-state index contributed by atoms with van der Waals surface area (Å²) in [6.45, 7) is 5.79. The van der Waals surface area contributed by atoms with E-state index in [-0.39, 0.29) is 30.9 Å². The number of aliphatic hydroxyl groups excluding tert-OH is 1. The number of aliphatic carboxylic acids is 1. The Hall–Kier alpha value is -1.14. The van der Waals surface area contributed by atoms with Gasteiger partial charge < -0.3 is 21.3 Å². The zero-order valence-corrected chi connectivity index (χ0v) is 11.3. The molecule has 2 atom stereocenters. The Morgan fingerprint density at radius 3 is 2.28 bits per heavy atom. The molecule has 1 unspecified atom stereocenters. The minimum absolute atomic E-state index is 0.00438. The summed E-state index contributed by atoms with van der Waals surface area (Å²) in [6, 6.07) is -1.35. The van der Waals surface area contributed by atoms with Crippen molar-refractivity contribution in [3.8, 4) is 0 Å². The lowest BCUT2D eigenvalue weighted by Crippen LogP contribution is -2.43. The second kappa shape index (κ2) is 7.33. The van der Waals surface area contributed by atoms with Crippen LogP contribution in [-0.4, -0.2) is 40.8 Å². The van der Waals surface area contributed by atoms with Crippen LogP contribution in [0.5, 0.6) is 0 Å². The first-order chi connectivity index (χ1) is 8.15. The van der Waals surface area contributed by atoms with Crippen molar-refractivity contribution in [2.45, 2.75) is 52.1 Å². The molecule has 0 aliphatic rings. The van der Waals surface area contributed by atoms with Gasteiger partial charge in [-0.25, -0.2) is 4.79 Å². The van der Waals surface area contributed by atoms with E-state index < -0.39 is 17.9 Å². The first-order valence-electron chi connectivity index (χ1n) is 6.04. The number of nitrogens with one attached hydrogen (secondary N) is 1. The van der Waals surface area contributed by atoms with Crippen molar-refractivity contribution in [3.63, 3.8) is 0 Å². The number of carbonyl (C=O) groups is 2. The molecule has 6 nitrogen and oxygen atoms in total. The maximum absolute atomic E-state index is 11.6. The Kier molecular flexibility index (Phi) is 6.86. The molecule has 106 valence electrons. The van der Waals surface area contributed by atoms with Crippen LogP contribution in [0.1, 0.15) is 40.0 Å². The third kappa shape index (κ3) is 8.03. The molecule has 0 aromatic heterocycles. The molecule has 0 aromatic rings. The number of nitrogens with two attached hydrogens (primary N) is 1. The lowest BCUT2D eigenvalue weighted by molar-refractivity contribution is -0.142. The van der Waals surface area contributed by atoms with E-state index in [4.69, 9.17) is 15.9 Å². The quantitative estimate of drug-likeness (QED) is 0.518. The maximum atomic E-state index is 11.6. The second-order valence-corrected chi connectivity index (χ2v) is 5.70. The molecule has 5 N–H and O–H groups in total. The van der Waals surface area contributed by atoms with Crippen molar-refractivity contribution in [3.05, 3.63) is 0 Å². The second-order valence-electron chi connectivity index (χ2n) is 5.70. The molecule has 0 aliphatic heterocycles. The van der Waals surface area contributed by atoms with E-state index in [1.807, 2.05) is 20.8 Å². The average molecular weight is 260 g/mol. The molecular formula is C12H24N2O4. The van der Waals surface area contributed by atoms with E-state index >= 15 is 0 Å². The third-order valence-electron chi connectivity index (χ3n) is 2.37. The minimum atomic E-state index is -1.15. The predicted molar refractivity (Wildman–Crippen MR) is 67.9 cm³/mol. The topological polar surface area (TPSA) is 113 Å². The van der Waals surface area contributed by atoms with Gasteiger partial charge in [-0.15, -0.1) is 0 Å². The van der Waals surface area contributed by atoms with Crippen molar-refractivity contribution in [1.82, 2.24) is 5.32 Å². The highest BCUT2D eigenvalue weighted by Gasteiger charge is 2.22. The Morgan fingerprint density at radius 1 is 1.33 bits per heavy atom. The van der Waals surface area contributed by atoms with Gasteiger partial charge in [-0.3, -0.25) is 4.79 Å².